The quantitative estimate of drug-likeness (QED) is 0.765. The lowest BCUT2D eigenvalue weighted by molar-refractivity contribution is -0.115. The predicted molar refractivity (Wildman–Crippen MR) is 74.3 cm³/mol. The van der Waals surface area contributed by atoms with E-state index >= 15 is 0 Å². The minimum Gasteiger partial charge on any atom is -0.381 e. The largest absolute Gasteiger partial charge is 0.381 e. The zero-order valence-corrected chi connectivity index (χ0v) is 11.4. The van der Waals surface area contributed by atoms with E-state index in [0.29, 0.717) is 17.7 Å². The summed E-state index contributed by atoms with van der Waals surface area (Å²) in [7, 11) is 0. The first-order valence-electron chi connectivity index (χ1n) is 5.77. The number of amides is 1. The van der Waals surface area contributed by atoms with Crippen LogP contribution in [0.25, 0.3) is 0 Å². The number of anilines is 1. The van der Waals surface area contributed by atoms with Gasteiger partial charge in [-0.1, -0.05) is 26.0 Å². The van der Waals surface area contributed by atoms with Crippen molar-refractivity contribution in [1.29, 1.82) is 0 Å². The number of benzene rings is 1. The molecule has 1 aromatic carbocycles. The maximum Gasteiger partial charge on any atom is 0.227 e. The highest BCUT2D eigenvalue weighted by molar-refractivity contribution is 8.00. The van der Waals surface area contributed by atoms with Gasteiger partial charge in [0.2, 0.25) is 5.91 Å². The molecule has 0 heterocycles. The van der Waals surface area contributed by atoms with Gasteiger partial charge in [-0.05, 0) is 25.0 Å². The van der Waals surface area contributed by atoms with E-state index in [0.717, 1.165) is 10.6 Å². The van der Waals surface area contributed by atoms with E-state index in [2.05, 4.69) is 26.1 Å². The van der Waals surface area contributed by atoms with Crippen molar-refractivity contribution in [3.8, 4) is 0 Å². The Bertz CT molecular complexity index is 379. The molecular weight excluding hydrogens is 232 g/mol. The third-order valence-corrected chi connectivity index (χ3v) is 3.74. The first-order chi connectivity index (χ1) is 8.00. The topological polar surface area (TPSA) is 55.1 Å². The molecule has 1 rings (SSSR count). The average Bonchev–Trinajstić information content (AvgIpc) is 2.27. The molecule has 0 saturated heterocycles. The second kappa shape index (κ2) is 6.55. The maximum atomic E-state index is 10.8. The highest BCUT2D eigenvalue weighted by Gasteiger charge is 2.09. The number of hydrogen-bond donors (Lipinski definition) is 2. The Balaban J connectivity index is 2.73. The first-order valence-corrected chi connectivity index (χ1v) is 6.76. The fourth-order valence-electron chi connectivity index (χ4n) is 1.27. The third-order valence-electron chi connectivity index (χ3n) is 2.64. The number of para-hydroxylation sites is 1. The Hall–Kier alpha value is -1.16. The summed E-state index contributed by atoms with van der Waals surface area (Å²) in [5.41, 5.74) is 6.23. The molecule has 0 radical (unpaired) electrons. The molecule has 1 amide bonds. The number of thioether (sulfide) groups is 1. The van der Waals surface area contributed by atoms with Gasteiger partial charge in [0.1, 0.15) is 0 Å². The molecule has 1 atom stereocenters. The van der Waals surface area contributed by atoms with Crippen LogP contribution in [0.1, 0.15) is 20.8 Å². The molecule has 0 aliphatic carbocycles. The Labute approximate surface area is 107 Å². The summed E-state index contributed by atoms with van der Waals surface area (Å²) in [4.78, 5) is 11.9. The number of rotatable bonds is 6. The maximum absolute atomic E-state index is 10.8. The molecule has 3 N–H and O–H groups in total. The molecule has 0 aromatic heterocycles. The summed E-state index contributed by atoms with van der Waals surface area (Å²) >= 11 is 1.47. The van der Waals surface area contributed by atoms with Gasteiger partial charge in [-0.3, -0.25) is 4.79 Å². The summed E-state index contributed by atoms with van der Waals surface area (Å²) in [5, 5.41) is 3.46. The van der Waals surface area contributed by atoms with Gasteiger partial charge >= 0.3 is 0 Å². The average molecular weight is 252 g/mol. The highest BCUT2D eigenvalue weighted by Crippen LogP contribution is 2.27. The Morgan fingerprint density at radius 1 is 1.35 bits per heavy atom. The van der Waals surface area contributed by atoms with Crippen LogP contribution in [-0.4, -0.2) is 17.7 Å². The number of carbonyl (C=O) groups is 1. The molecule has 0 saturated carbocycles. The Morgan fingerprint density at radius 2 is 2.00 bits per heavy atom. The lowest BCUT2D eigenvalue weighted by Gasteiger charge is -2.20. The molecule has 17 heavy (non-hydrogen) atoms. The molecule has 0 aliphatic heterocycles. The van der Waals surface area contributed by atoms with Crippen molar-refractivity contribution < 1.29 is 4.79 Å². The van der Waals surface area contributed by atoms with Crippen LogP contribution in [0.5, 0.6) is 0 Å². The van der Waals surface area contributed by atoms with Crippen molar-refractivity contribution in [1.82, 2.24) is 0 Å². The number of carbonyl (C=O) groups excluding carboxylic acids is 1. The number of nitrogens with one attached hydrogen (secondary N) is 1. The second-order valence-corrected chi connectivity index (χ2v) is 5.45. The Morgan fingerprint density at radius 3 is 2.59 bits per heavy atom. The molecule has 0 bridgehead atoms. The van der Waals surface area contributed by atoms with Crippen LogP contribution in [0.2, 0.25) is 0 Å². The predicted octanol–water partition coefficient (Wildman–Crippen LogP) is 2.72. The van der Waals surface area contributed by atoms with Crippen molar-refractivity contribution in [2.24, 2.45) is 11.7 Å². The third kappa shape index (κ3) is 4.69. The van der Waals surface area contributed by atoms with Gasteiger partial charge in [0, 0.05) is 16.6 Å². The molecule has 4 heteroatoms. The number of nitrogens with two attached hydrogens (primary N) is 1. The van der Waals surface area contributed by atoms with Crippen LogP contribution in [-0.2, 0) is 4.79 Å². The molecule has 0 fully saturated rings. The zero-order valence-electron chi connectivity index (χ0n) is 10.6. The summed E-state index contributed by atoms with van der Waals surface area (Å²) in [6.07, 6.45) is 0. The minimum absolute atomic E-state index is 0.290. The zero-order chi connectivity index (χ0) is 12.8. The van der Waals surface area contributed by atoms with Crippen LogP contribution < -0.4 is 11.1 Å². The number of primary amides is 1. The summed E-state index contributed by atoms with van der Waals surface area (Å²) in [5.74, 6) is 0.584. The standard InChI is InChI=1S/C13H20N2OS/c1-9(2)10(3)15-11-6-4-5-7-12(11)17-8-13(14)16/h4-7,9-10,15H,8H2,1-3H3,(H2,14,16). The fourth-order valence-corrected chi connectivity index (χ4v) is 2.03. The number of hydrogen-bond acceptors (Lipinski definition) is 3. The Kier molecular flexibility index (Phi) is 5.35. The molecule has 3 nitrogen and oxygen atoms in total. The first kappa shape index (κ1) is 13.9. The molecular formula is C13H20N2OS. The highest BCUT2D eigenvalue weighted by atomic mass is 32.2. The molecule has 0 spiro atoms. The summed E-state index contributed by atoms with van der Waals surface area (Å²) < 4.78 is 0. The molecule has 1 aromatic rings. The molecule has 0 aliphatic rings. The van der Waals surface area contributed by atoms with Crippen LogP contribution >= 0.6 is 11.8 Å². The van der Waals surface area contributed by atoms with Crippen LogP contribution in [0.4, 0.5) is 5.69 Å². The van der Waals surface area contributed by atoms with Crippen molar-refractivity contribution in [3.63, 3.8) is 0 Å². The van der Waals surface area contributed by atoms with Gasteiger partial charge in [0.25, 0.3) is 0 Å². The lowest BCUT2D eigenvalue weighted by Crippen LogP contribution is -2.22. The van der Waals surface area contributed by atoms with Crippen molar-refractivity contribution in [2.45, 2.75) is 31.7 Å². The van der Waals surface area contributed by atoms with E-state index in [4.69, 9.17) is 5.73 Å². The van der Waals surface area contributed by atoms with Gasteiger partial charge in [-0.25, -0.2) is 0 Å². The van der Waals surface area contributed by atoms with Crippen molar-refractivity contribution >= 4 is 23.4 Å². The van der Waals surface area contributed by atoms with Crippen molar-refractivity contribution in [3.05, 3.63) is 24.3 Å². The van der Waals surface area contributed by atoms with Gasteiger partial charge < -0.3 is 11.1 Å². The van der Waals surface area contributed by atoms with E-state index in [1.807, 2.05) is 24.3 Å². The van der Waals surface area contributed by atoms with Crippen LogP contribution in [0, 0.1) is 5.92 Å². The van der Waals surface area contributed by atoms with Gasteiger partial charge in [0.15, 0.2) is 0 Å². The van der Waals surface area contributed by atoms with Gasteiger partial charge in [0.05, 0.1) is 5.75 Å². The molecule has 1 unspecified atom stereocenters. The van der Waals surface area contributed by atoms with E-state index in [9.17, 15) is 4.79 Å². The fraction of sp³-hybridized carbons (Fsp3) is 0.462. The van der Waals surface area contributed by atoms with E-state index in [1.54, 1.807) is 0 Å². The molecule has 94 valence electrons. The normalized spacial score (nSPS) is 12.5. The van der Waals surface area contributed by atoms with Crippen LogP contribution in [0.15, 0.2) is 29.2 Å². The second-order valence-electron chi connectivity index (χ2n) is 4.43. The lowest BCUT2D eigenvalue weighted by atomic mass is 10.1. The van der Waals surface area contributed by atoms with Gasteiger partial charge in [-0.2, -0.15) is 0 Å². The van der Waals surface area contributed by atoms with Crippen molar-refractivity contribution in [2.75, 3.05) is 11.1 Å². The minimum atomic E-state index is -0.290. The van der Waals surface area contributed by atoms with E-state index in [1.165, 1.54) is 11.8 Å². The summed E-state index contributed by atoms with van der Waals surface area (Å²) in [6, 6.07) is 8.38. The van der Waals surface area contributed by atoms with E-state index in [-0.39, 0.29) is 5.91 Å². The van der Waals surface area contributed by atoms with E-state index < -0.39 is 0 Å². The SMILES string of the molecule is CC(C)C(C)Nc1ccccc1SCC(N)=O. The van der Waals surface area contributed by atoms with Gasteiger partial charge in [-0.15, -0.1) is 11.8 Å². The monoisotopic (exact) mass is 252 g/mol. The smallest absolute Gasteiger partial charge is 0.227 e. The van der Waals surface area contributed by atoms with Crippen LogP contribution in [0.3, 0.4) is 0 Å². The summed E-state index contributed by atoms with van der Waals surface area (Å²) in [6.45, 7) is 6.51.